The van der Waals surface area contributed by atoms with Gasteiger partial charge in [0.2, 0.25) is 0 Å². The van der Waals surface area contributed by atoms with Crippen molar-refractivity contribution in [3.05, 3.63) is 35.9 Å². The van der Waals surface area contributed by atoms with Crippen molar-refractivity contribution in [2.75, 3.05) is 11.6 Å². The molecule has 0 aliphatic rings. The third kappa shape index (κ3) is 4.68. The minimum absolute atomic E-state index is 0.0703. The quantitative estimate of drug-likeness (QED) is 0.588. The Morgan fingerprint density at radius 3 is 2.75 bits per heavy atom. The van der Waals surface area contributed by atoms with Crippen molar-refractivity contribution < 1.29 is 9.90 Å². The van der Waals surface area contributed by atoms with Gasteiger partial charge in [-0.25, -0.2) is 0 Å². The molecule has 88 valence electrons. The Hall–Kier alpha value is -1.00. The number of benzene rings is 1. The molecule has 1 rings (SSSR count). The normalized spacial score (nSPS) is 12.1. The van der Waals surface area contributed by atoms with Crippen molar-refractivity contribution in [2.24, 2.45) is 0 Å². The van der Waals surface area contributed by atoms with E-state index < -0.39 is 0 Å². The van der Waals surface area contributed by atoms with Crippen LogP contribution < -0.4 is 5.32 Å². The molecule has 1 atom stereocenters. The predicted octanol–water partition coefficient (Wildman–Crippen LogP) is 1.88. The maximum Gasteiger partial charge on any atom is 0.251 e. The van der Waals surface area contributed by atoms with Crippen LogP contribution in [-0.2, 0) is 0 Å². The van der Waals surface area contributed by atoms with Crippen LogP contribution >= 0.6 is 11.8 Å². The lowest BCUT2D eigenvalue weighted by atomic mass is 10.2. The van der Waals surface area contributed by atoms with Gasteiger partial charge in [0.05, 0.1) is 12.0 Å². The summed E-state index contributed by atoms with van der Waals surface area (Å²) in [5.74, 6) is 1.12. The van der Waals surface area contributed by atoms with Gasteiger partial charge >= 0.3 is 0 Å². The number of carbonyl (C=O) groups is 1. The first-order chi connectivity index (χ1) is 7.74. The van der Waals surface area contributed by atoms with E-state index in [4.69, 9.17) is 0 Å². The van der Waals surface area contributed by atoms with Gasteiger partial charge in [0.25, 0.3) is 5.91 Å². The summed E-state index contributed by atoms with van der Waals surface area (Å²) in [6, 6.07) is 9.11. The average molecular weight is 239 g/mol. The van der Waals surface area contributed by atoms with Crippen LogP contribution in [0.25, 0.3) is 0 Å². The van der Waals surface area contributed by atoms with Gasteiger partial charge in [0.15, 0.2) is 0 Å². The minimum Gasteiger partial charge on any atom is -0.392 e. The molecular formula is C12H17NO2S. The van der Waals surface area contributed by atoms with Gasteiger partial charge in [0.1, 0.15) is 0 Å². The fourth-order valence-electron chi connectivity index (χ4n) is 1.12. The molecule has 16 heavy (non-hydrogen) atoms. The maximum absolute atomic E-state index is 11.6. The van der Waals surface area contributed by atoms with Gasteiger partial charge in [0, 0.05) is 11.3 Å². The molecule has 0 heterocycles. The summed E-state index contributed by atoms with van der Waals surface area (Å²) in [5.41, 5.74) is 0.666. The molecule has 0 saturated heterocycles. The molecule has 0 saturated carbocycles. The number of carbonyl (C=O) groups excluding carboxylic acids is 1. The lowest BCUT2D eigenvalue weighted by Crippen LogP contribution is -2.23. The zero-order valence-electron chi connectivity index (χ0n) is 9.35. The van der Waals surface area contributed by atoms with Crippen LogP contribution in [-0.4, -0.2) is 28.7 Å². The van der Waals surface area contributed by atoms with Gasteiger partial charge in [-0.3, -0.25) is 4.79 Å². The standard InChI is InChI=1S/C12H17NO2S/c1-2-11(14)8-16-9-13-12(15)10-6-4-3-5-7-10/h3-7,11,14H,2,8-9H2,1H3,(H,13,15). The Kier molecular flexibility index (Phi) is 5.96. The van der Waals surface area contributed by atoms with Crippen LogP contribution in [0.15, 0.2) is 30.3 Å². The second-order valence-electron chi connectivity index (χ2n) is 3.45. The molecule has 4 heteroatoms. The van der Waals surface area contributed by atoms with Crippen LogP contribution in [0.3, 0.4) is 0 Å². The molecule has 3 nitrogen and oxygen atoms in total. The third-order valence-corrected chi connectivity index (χ3v) is 3.12. The molecule has 0 fully saturated rings. The van der Waals surface area contributed by atoms with Crippen LogP contribution in [0.5, 0.6) is 0 Å². The highest BCUT2D eigenvalue weighted by Gasteiger charge is 2.04. The summed E-state index contributed by atoms with van der Waals surface area (Å²) < 4.78 is 0. The summed E-state index contributed by atoms with van der Waals surface area (Å²) >= 11 is 1.53. The van der Waals surface area contributed by atoms with E-state index in [-0.39, 0.29) is 12.0 Å². The van der Waals surface area contributed by atoms with Crippen LogP contribution in [0.2, 0.25) is 0 Å². The first-order valence-electron chi connectivity index (χ1n) is 5.33. The average Bonchev–Trinajstić information content (AvgIpc) is 2.35. The highest BCUT2D eigenvalue weighted by molar-refractivity contribution is 7.99. The maximum atomic E-state index is 11.6. The molecule has 1 amide bonds. The van der Waals surface area contributed by atoms with E-state index in [1.807, 2.05) is 25.1 Å². The SMILES string of the molecule is CCC(O)CSCNC(=O)c1ccccc1. The summed E-state index contributed by atoms with van der Waals surface area (Å²) in [7, 11) is 0. The highest BCUT2D eigenvalue weighted by Crippen LogP contribution is 2.04. The smallest absolute Gasteiger partial charge is 0.251 e. The molecule has 1 aromatic carbocycles. The zero-order chi connectivity index (χ0) is 11.8. The van der Waals surface area contributed by atoms with Crippen LogP contribution in [0.1, 0.15) is 23.7 Å². The molecule has 1 unspecified atom stereocenters. The Labute approximate surface area is 100 Å². The van der Waals surface area contributed by atoms with E-state index in [0.29, 0.717) is 17.2 Å². The van der Waals surface area contributed by atoms with E-state index >= 15 is 0 Å². The number of rotatable bonds is 6. The van der Waals surface area contributed by atoms with Gasteiger partial charge < -0.3 is 10.4 Å². The first-order valence-corrected chi connectivity index (χ1v) is 6.48. The van der Waals surface area contributed by atoms with Crippen molar-refractivity contribution in [1.29, 1.82) is 0 Å². The monoisotopic (exact) mass is 239 g/mol. The Morgan fingerprint density at radius 1 is 1.44 bits per heavy atom. The lowest BCUT2D eigenvalue weighted by molar-refractivity contribution is 0.0960. The van der Waals surface area contributed by atoms with Crippen molar-refractivity contribution in [3.8, 4) is 0 Å². The fraction of sp³-hybridized carbons (Fsp3) is 0.417. The van der Waals surface area contributed by atoms with E-state index in [0.717, 1.165) is 6.42 Å². The molecule has 0 bridgehead atoms. The van der Waals surface area contributed by atoms with Crippen LogP contribution in [0.4, 0.5) is 0 Å². The van der Waals surface area contributed by atoms with Gasteiger partial charge in [-0.1, -0.05) is 25.1 Å². The number of thioether (sulfide) groups is 1. The Balaban J connectivity index is 2.21. The van der Waals surface area contributed by atoms with E-state index in [9.17, 15) is 9.90 Å². The Bertz CT molecular complexity index is 316. The second-order valence-corrected chi connectivity index (χ2v) is 4.48. The number of amides is 1. The molecule has 0 aliphatic carbocycles. The van der Waals surface area contributed by atoms with Gasteiger partial charge in [-0.2, -0.15) is 0 Å². The van der Waals surface area contributed by atoms with Crippen molar-refractivity contribution in [1.82, 2.24) is 5.32 Å². The van der Waals surface area contributed by atoms with E-state index in [1.165, 1.54) is 11.8 Å². The summed E-state index contributed by atoms with van der Waals surface area (Å²) in [5, 5.41) is 12.1. The van der Waals surface area contributed by atoms with Gasteiger partial charge in [-0.15, -0.1) is 11.8 Å². The summed E-state index contributed by atoms with van der Waals surface area (Å²) in [4.78, 5) is 11.6. The summed E-state index contributed by atoms with van der Waals surface area (Å²) in [6.07, 6.45) is 0.471. The summed E-state index contributed by atoms with van der Waals surface area (Å²) in [6.45, 7) is 1.94. The molecule has 0 aromatic heterocycles. The van der Waals surface area contributed by atoms with E-state index in [2.05, 4.69) is 5.32 Å². The van der Waals surface area contributed by atoms with Crippen molar-refractivity contribution >= 4 is 17.7 Å². The predicted molar refractivity (Wildman–Crippen MR) is 67.5 cm³/mol. The number of aliphatic hydroxyl groups excluding tert-OH is 1. The molecule has 0 aliphatic heterocycles. The molecule has 2 N–H and O–H groups in total. The largest absolute Gasteiger partial charge is 0.392 e. The fourth-order valence-corrected chi connectivity index (χ4v) is 1.98. The van der Waals surface area contributed by atoms with Crippen LogP contribution in [0, 0.1) is 0 Å². The van der Waals surface area contributed by atoms with Crippen molar-refractivity contribution in [2.45, 2.75) is 19.4 Å². The number of nitrogens with one attached hydrogen (secondary N) is 1. The molecular weight excluding hydrogens is 222 g/mol. The number of aliphatic hydroxyl groups is 1. The number of hydrogen-bond acceptors (Lipinski definition) is 3. The number of hydrogen-bond donors (Lipinski definition) is 2. The minimum atomic E-state index is -0.279. The van der Waals surface area contributed by atoms with E-state index in [1.54, 1.807) is 12.1 Å². The molecule has 0 radical (unpaired) electrons. The molecule has 1 aromatic rings. The highest BCUT2D eigenvalue weighted by atomic mass is 32.2. The Morgan fingerprint density at radius 2 is 2.12 bits per heavy atom. The second kappa shape index (κ2) is 7.30. The zero-order valence-corrected chi connectivity index (χ0v) is 10.2. The van der Waals surface area contributed by atoms with Crippen molar-refractivity contribution in [3.63, 3.8) is 0 Å². The molecule has 0 spiro atoms. The topological polar surface area (TPSA) is 49.3 Å². The lowest BCUT2D eigenvalue weighted by Gasteiger charge is -2.08. The first kappa shape index (κ1) is 13.1. The van der Waals surface area contributed by atoms with Gasteiger partial charge in [-0.05, 0) is 18.6 Å². The third-order valence-electron chi connectivity index (χ3n) is 2.15.